The molecule has 0 saturated carbocycles. The van der Waals surface area contributed by atoms with Crippen molar-refractivity contribution in [2.24, 2.45) is 0 Å². The van der Waals surface area contributed by atoms with Gasteiger partial charge in [0.15, 0.2) is 0 Å². The van der Waals surface area contributed by atoms with E-state index in [0.29, 0.717) is 24.1 Å². The van der Waals surface area contributed by atoms with E-state index in [2.05, 4.69) is 19.4 Å². The van der Waals surface area contributed by atoms with Crippen LogP contribution in [0.1, 0.15) is 5.82 Å². The van der Waals surface area contributed by atoms with E-state index >= 15 is 0 Å². The highest BCUT2D eigenvalue weighted by Gasteiger charge is 2.27. The largest absolute Gasteiger partial charge is 0.411 e. The summed E-state index contributed by atoms with van der Waals surface area (Å²) in [6, 6.07) is 0. The van der Waals surface area contributed by atoms with Gasteiger partial charge in [-0.2, -0.15) is 17.5 Å². The number of halogens is 3. The van der Waals surface area contributed by atoms with Gasteiger partial charge < -0.3 is 14.8 Å². The third-order valence-electron chi connectivity index (χ3n) is 1.79. The minimum atomic E-state index is -4.29. The first-order valence-electron chi connectivity index (χ1n) is 5.21. The second-order valence-corrected chi connectivity index (χ2v) is 4.10. The Labute approximate surface area is 106 Å². The van der Waals surface area contributed by atoms with Crippen molar-refractivity contribution in [3.05, 3.63) is 5.82 Å². The summed E-state index contributed by atoms with van der Waals surface area (Å²) in [4.78, 5) is 4.10. The van der Waals surface area contributed by atoms with Crippen LogP contribution in [-0.2, 0) is 15.9 Å². The highest BCUT2D eigenvalue weighted by Crippen LogP contribution is 2.15. The molecular weight excluding hydrogens is 271 g/mol. The van der Waals surface area contributed by atoms with E-state index in [1.165, 1.54) is 0 Å². The Hall–Kier alpha value is -0.930. The average Bonchev–Trinajstić information content (AvgIpc) is 2.72. The molecule has 1 aromatic rings. The molecule has 1 heterocycles. The molecule has 1 rings (SSSR count). The Kier molecular flexibility index (Phi) is 6.30. The van der Waals surface area contributed by atoms with Crippen molar-refractivity contribution in [2.45, 2.75) is 12.6 Å². The molecule has 0 bridgehead atoms. The Morgan fingerprint density at radius 2 is 2.11 bits per heavy atom. The van der Waals surface area contributed by atoms with Crippen molar-refractivity contribution in [3.8, 4) is 0 Å². The number of nitrogens with one attached hydrogen (secondary N) is 1. The summed E-state index contributed by atoms with van der Waals surface area (Å²) in [5, 5.41) is 3.60. The number of methoxy groups -OCH3 is 1. The summed E-state index contributed by atoms with van der Waals surface area (Å²) in [5.41, 5.74) is 0. The lowest BCUT2D eigenvalue weighted by molar-refractivity contribution is -0.173. The first-order chi connectivity index (χ1) is 8.51. The monoisotopic (exact) mass is 285 g/mol. The van der Waals surface area contributed by atoms with Gasteiger partial charge in [0.05, 0.1) is 13.2 Å². The molecule has 1 N–H and O–H groups in total. The van der Waals surface area contributed by atoms with Crippen LogP contribution in [0.2, 0.25) is 0 Å². The molecule has 0 aliphatic heterocycles. The molecule has 0 aliphatic rings. The minimum Gasteiger partial charge on any atom is -0.383 e. The van der Waals surface area contributed by atoms with E-state index in [0.717, 1.165) is 11.5 Å². The van der Waals surface area contributed by atoms with E-state index in [4.69, 9.17) is 4.74 Å². The second kappa shape index (κ2) is 7.49. The Morgan fingerprint density at radius 1 is 1.33 bits per heavy atom. The molecular formula is C9H14F3N3O2S. The molecule has 104 valence electrons. The molecule has 0 aromatic carbocycles. The highest BCUT2D eigenvalue weighted by atomic mass is 32.1. The van der Waals surface area contributed by atoms with Crippen LogP contribution in [0.3, 0.4) is 0 Å². The predicted molar refractivity (Wildman–Crippen MR) is 60.9 cm³/mol. The molecule has 18 heavy (non-hydrogen) atoms. The number of alkyl halides is 3. The van der Waals surface area contributed by atoms with Crippen molar-refractivity contribution >= 4 is 16.7 Å². The fraction of sp³-hybridized carbons (Fsp3) is 0.778. The van der Waals surface area contributed by atoms with Gasteiger partial charge in [-0.05, 0) is 0 Å². The number of hydrogen-bond acceptors (Lipinski definition) is 6. The Morgan fingerprint density at radius 3 is 2.78 bits per heavy atom. The molecule has 5 nitrogen and oxygen atoms in total. The molecule has 0 fully saturated rings. The maximum absolute atomic E-state index is 11.8. The first kappa shape index (κ1) is 15.1. The van der Waals surface area contributed by atoms with Crippen LogP contribution in [0.15, 0.2) is 0 Å². The predicted octanol–water partition coefficient (Wildman–Crippen LogP) is 1.72. The number of rotatable bonds is 8. The number of aromatic nitrogens is 2. The Bertz CT molecular complexity index is 346. The smallest absolute Gasteiger partial charge is 0.383 e. The molecule has 0 unspecified atom stereocenters. The van der Waals surface area contributed by atoms with E-state index in [9.17, 15) is 13.2 Å². The SMILES string of the molecule is COCCNc1nc(CCOCC(F)(F)F)ns1. The summed E-state index contributed by atoms with van der Waals surface area (Å²) in [5.74, 6) is 0.474. The molecule has 0 spiro atoms. The fourth-order valence-electron chi connectivity index (χ4n) is 1.04. The van der Waals surface area contributed by atoms with E-state index < -0.39 is 12.8 Å². The molecule has 1 aromatic heterocycles. The van der Waals surface area contributed by atoms with Crippen LogP contribution >= 0.6 is 11.5 Å². The summed E-state index contributed by atoms with van der Waals surface area (Å²) < 4.78 is 48.7. The van der Waals surface area contributed by atoms with Gasteiger partial charge in [-0.15, -0.1) is 0 Å². The highest BCUT2D eigenvalue weighted by molar-refractivity contribution is 7.09. The average molecular weight is 285 g/mol. The van der Waals surface area contributed by atoms with Crippen LogP contribution in [0, 0.1) is 0 Å². The zero-order valence-electron chi connectivity index (χ0n) is 9.79. The van der Waals surface area contributed by atoms with Gasteiger partial charge in [-0.25, -0.2) is 4.98 Å². The number of hydrogen-bond donors (Lipinski definition) is 1. The minimum absolute atomic E-state index is 0.0479. The van der Waals surface area contributed by atoms with Crippen molar-refractivity contribution in [2.75, 3.05) is 38.8 Å². The third kappa shape index (κ3) is 6.72. The Balaban J connectivity index is 2.19. The number of nitrogens with zero attached hydrogens (tertiary/aromatic N) is 2. The molecule has 0 radical (unpaired) electrons. The van der Waals surface area contributed by atoms with Crippen molar-refractivity contribution in [1.82, 2.24) is 9.36 Å². The lowest BCUT2D eigenvalue weighted by atomic mass is 10.4. The second-order valence-electron chi connectivity index (χ2n) is 3.35. The first-order valence-corrected chi connectivity index (χ1v) is 5.98. The van der Waals surface area contributed by atoms with Gasteiger partial charge in [0, 0.05) is 31.6 Å². The van der Waals surface area contributed by atoms with Crippen LogP contribution in [0.25, 0.3) is 0 Å². The zero-order valence-corrected chi connectivity index (χ0v) is 10.6. The normalized spacial score (nSPS) is 11.8. The van der Waals surface area contributed by atoms with E-state index in [1.807, 2.05) is 0 Å². The fourth-order valence-corrected chi connectivity index (χ4v) is 1.68. The quantitative estimate of drug-likeness (QED) is 0.737. The van der Waals surface area contributed by atoms with Crippen LogP contribution in [0.4, 0.5) is 18.3 Å². The zero-order chi connectivity index (χ0) is 13.4. The maximum Gasteiger partial charge on any atom is 0.411 e. The van der Waals surface area contributed by atoms with Gasteiger partial charge in [0.25, 0.3) is 0 Å². The maximum atomic E-state index is 11.8. The van der Waals surface area contributed by atoms with Gasteiger partial charge in [-0.1, -0.05) is 0 Å². The summed E-state index contributed by atoms with van der Waals surface area (Å²) >= 11 is 1.16. The van der Waals surface area contributed by atoms with E-state index in [1.54, 1.807) is 7.11 Å². The molecule has 0 aliphatic carbocycles. The molecule has 9 heteroatoms. The van der Waals surface area contributed by atoms with E-state index in [-0.39, 0.29) is 13.0 Å². The van der Waals surface area contributed by atoms with Gasteiger partial charge >= 0.3 is 6.18 Å². The van der Waals surface area contributed by atoms with Gasteiger partial charge in [-0.3, -0.25) is 0 Å². The molecule has 0 atom stereocenters. The third-order valence-corrected chi connectivity index (χ3v) is 2.50. The summed E-state index contributed by atoms with van der Waals surface area (Å²) in [6.45, 7) is -0.136. The molecule has 0 amide bonds. The van der Waals surface area contributed by atoms with Crippen LogP contribution in [0.5, 0.6) is 0 Å². The lowest BCUT2D eigenvalue weighted by Crippen LogP contribution is -2.18. The lowest BCUT2D eigenvalue weighted by Gasteiger charge is -2.05. The van der Waals surface area contributed by atoms with Crippen LogP contribution in [-0.4, -0.2) is 49.0 Å². The molecule has 0 saturated heterocycles. The van der Waals surface area contributed by atoms with Crippen molar-refractivity contribution in [1.29, 1.82) is 0 Å². The topological polar surface area (TPSA) is 56.3 Å². The summed E-state index contributed by atoms with van der Waals surface area (Å²) in [7, 11) is 1.59. The number of ether oxygens (including phenoxy) is 2. The van der Waals surface area contributed by atoms with Crippen LogP contribution < -0.4 is 5.32 Å². The van der Waals surface area contributed by atoms with Gasteiger partial charge in [0.2, 0.25) is 5.13 Å². The number of anilines is 1. The van der Waals surface area contributed by atoms with Crippen molar-refractivity contribution in [3.63, 3.8) is 0 Å². The van der Waals surface area contributed by atoms with Gasteiger partial charge in [0.1, 0.15) is 12.4 Å². The summed E-state index contributed by atoms with van der Waals surface area (Å²) in [6.07, 6.45) is -4.03. The van der Waals surface area contributed by atoms with Crippen molar-refractivity contribution < 1.29 is 22.6 Å². The standard InChI is InChI=1S/C9H14F3N3O2S/c1-16-5-3-13-8-14-7(15-18-8)2-4-17-6-9(10,11)12/h2-6H2,1H3,(H,13,14,15).